The number of hydrogen-bond donors (Lipinski definition) is 1. The lowest BCUT2D eigenvalue weighted by Crippen LogP contribution is -2.46. The molecule has 0 bridgehead atoms. The van der Waals surface area contributed by atoms with E-state index in [1.165, 1.54) is 0 Å². The predicted octanol–water partition coefficient (Wildman–Crippen LogP) is 2.07. The van der Waals surface area contributed by atoms with Crippen LogP contribution < -0.4 is 14.8 Å². The Balaban J connectivity index is 1.49. The Morgan fingerprint density at radius 1 is 1.37 bits per heavy atom. The maximum atomic E-state index is 13.1. The van der Waals surface area contributed by atoms with Crippen molar-refractivity contribution in [3.8, 4) is 11.5 Å². The number of para-hydroxylation sites is 2. The van der Waals surface area contributed by atoms with E-state index in [0.717, 1.165) is 43.2 Å². The van der Waals surface area contributed by atoms with Gasteiger partial charge in [0.2, 0.25) is 0 Å². The zero-order valence-electron chi connectivity index (χ0n) is 15.9. The topological polar surface area (TPSA) is 68.6 Å². The second kappa shape index (κ2) is 7.60. The molecule has 1 unspecified atom stereocenters. The van der Waals surface area contributed by atoms with Gasteiger partial charge in [0, 0.05) is 19.1 Å². The zero-order valence-corrected chi connectivity index (χ0v) is 15.9. The van der Waals surface area contributed by atoms with Crippen molar-refractivity contribution in [2.75, 3.05) is 19.7 Å². The standard InChI is InChI=1S/C20H26N4O3/c1-14(2)23(12-16-13-26-18-6-3-4-7-19(18)27-16)20(25)17-10-15-11-21-8-5-9-24(15)22-17/h3-4,6-7,10,14,16,21H,5,8-9,11-13H2,1-2H3. The molecule has 2 aliphatic rings. The van der Waals surface area contributed by atoms with E-state index in [1.54, 1.807) is 0 Å². The van der Waals surface area contributed by atoms with Crippen molar-refractivity contribution >= 4 is 5.91 Å². The number of benzene rings is 1. The first-order valence-electron chi connectivity index (χ1n) is 9.58. The number of nitrogens with zero attached hydrogens (tertiary/aromatic N) is 3. The van der Waals surface area contributed by atoms with E-state index in [1.807, 2.05) is 53.8 Å². The minimum atomic E-state index is -0.201. The number of fused-ring (bicyclic) bond motifs is 2. The van der Waals surface area contributed by atoms with Gasteiger partial charge in [-0.3, -0.25) is 9.48 Å². The van der Waals surface area contributed by atoms with E-state index in [9.17, 15) is 4.79 Å². The van der Waals surface area contributed by atoms with E-state index in [2.05, 4.69) is 10.4 Å². The Bertz CT molecular complexity index is 794. The van der Waals surface area contributed by atoms with Crippen molar-refractivity contribution in [3.63, 3.8) is 0 Å². The first-order valence-corrected chi connectivity index (χ1v) is 9.58. The molecule has 7 nitrogen and oxygen atoms in total. The highest BCUT2D eigenvalue weighted by molar-refractivity contribution is 5.92. The number of aromatic nitrogens is 2. The van der Waals surface area contributed by atoms with Gasteiger partial charge in [0.05, 0.1) is 12.2 Å². The maximum absolute atomic E-state index is 13.1. The van der Waals surface area contributed by atoms with Gasteiger partial charge in [-0.05, 0) is 45.0 Å². The molecule has 7 heteroatoms. The second-order valence-corrected chi connectivity index (χ2v) is 7.32. The molecule has 144 valence electrons. The molecule has 0 radical (unpaired) electrons. The molecule has 1 aromatic heterocycles. The molecule has 1 N–H and O–H groups in total. The number of ether oxygens (including phenoxy) is 2. The third-order valence-corrected chi connectivity index (χ3v) is 4.96. The van der Waals surface area contributed by atoms with Gasteiger partial charge < -0.3 is 19.7 Å². The Hall–Kier alpha value is -2.54. The van der Waals surface area contributed by atoms with E-state index < -0.39 is 0 Å². The minimum Gasteiger partial charge on any atom is -0.486 e. The van der Waals surface area contributed by atoms with Crippen molar-refractivity contribution in [1.82, 2.24) is 20.0 Å². The van der Waals surface area contributed by atoms with Gasteiger partial charge in [-0.2, -0.15) is 5.10 Å². The predicted molar refractivity (Wildman–Crippen MR) is 101 cm³/mol. The van der Waals surface area contributed by atoms with Crippen LogP contribution in [0.4, 0.5) is 0 Å². The summed E-state index contributed by atoms with van der Waals surface area (Å²) in [4.78, 5) is 15.0. The third kappa shape index (κ3) is 3.78. The Morgan fingerprint density at radius 2 is 2.19 bits per heavy atom. The maximum Gasteiger partial charge on any atom is 0.274 e. The summed E-state index contributed by atoms with van der Waals surface area (Å²) < 4.78 is 13.8. The highest BCUT2D eigenvalue weighted by Crippen LogP contribution is 2.31. The summed E-state index contributed by atoms with van der Waals surface area (Å²) >= 11 is 0. The molecule has 3 heterocycles. The third-order valence-electron chi connectivity index (χ3n) is 4.96. The van der Waals surface area contributed by atoms with Crippen LogP contribution in [0.15, 0.2) is 30.3 Å². The van der Waals surface area contributed by atoms with Crippen molar-refractivity contribution < 1.29 is 14.3 Å². The van der Waals surface area contributed by atoms with Gasteiger partial charge in [0.1, 0.15) is 6.61 Å². The van der Waals surface area contributed by atoms with Crippen molar-refractivity contribution in [2.24, 2.45) is 0 Å². The minimum absolute atomic E-state index is 0.0397. The fourth-order valence-corrected chi connectivity index (χ4v) is 3.51. The molecule has 1 atom stereocenters. The Labute approximate surface area is 159 Å². The summed E-state index contributed by atoms with van der Waals surface area (Å²) in [6, 6.07) is 9.57. The first kappa shape index (κ1) is 17.9. The Kier molecular flexibility index (Phi) is 5.03. The van der Waals surface area contributed by atoms with Gasteiger partial charge in [0.25, 0.3) is 5.91 Å². The van der Waals surface area contributed by atoms with Crippen LogP contribution in [0.2, 0.25) is 0 Å². The molecular formula is C20H26N4O3. The molecule has 0 spiro atoms. The van der Waals surface area contributed by atoms with Crippen LogP contribution in [0.25, 0.3) is 0 Å². The molecule has 4 rings (SSSR count). The van der Waals surface area contributed by atoms with E-state index in [-0.39, 0.29) is 18.1 Å². The average molecular weight is 370 g/mol. The van der Waals surface area contributed by atoms with Crippen molar-refractivity contribution in [1.29, 1.82) is 0 Å². The van der Waals surface area contributed by atoms with Gasteiger partial charge in [0.15, 0.2) is 23.3 Å². The molecule has 1 aromatic carbocycles. The molecule has 2 aliphatic heterocycles. The first-order chi connectivity index (χ1) is 13.1. The molecule has 0 fully saturated rings. The van der Waals surface area contributed by atoms with Gasteiger partial charge in [-0.15, -0.1) is 0 Å². The summed E-state index contributed by atoms with van der Waals surface area (Å²) in [6.45, 7) is 7.48. The summed E-state index contributed by atoms with van der Waals surface area (Å²) in [5, 5.41) is 7.92. The lowest BCUT2D eigenvalue weighted by atomic mass is 10.2. The van der Waals surface area contributed by atoms with Crippen molar-refractivity contribution in [2.45, 2.75) is 45.5 Å². The number of nitrogens with one attached hydrogen (secondary N) is 1. The molecule has 1 amide bonds. The van der Waals surface area contributed by atoms with Gasteiger partial charge in [-0.25, -0.2) is 0 Å². The molecule has 0 saturated heterocycles. The van der Waals surface area contributed by atoms with Crippen LogP contribution >= 0.6 is 0 Å². The van der Waals surface area contributed by atoms with E-state index in [4.69, 9.17) is 9.47 Å². The summed E-state index contributed by atoms with van der Waals surface area (Å²) in [6.07, 6.45) is 0.816. The fourth-order valence-electron chi connectivity index (χ4n) is 3.51. The quantitative estimate of drug-likeness (QED) is 0.892. The summed E-state index contributed by atoms with van der Waals surface area (Å²) in [7, 11) is 0. The van der Waals surface area contributed by atoms with Crippen LogP contribution in [-0.4, -0.2) is 52.4 Å². The number of carbonyl (C=O) groups excluding carboxylic acids is 1. The number of carbonyl (C=O) groups is 1. The highest BCUT2D eigenvalue weighted by atomic mass is 16.6. The monoisotopic (exact) mass is 370 g/mol. The van der Waals surface area contributed by atoms with Crippen LogP contribution in [0, 0.1) is 0 Å². The van der Waals surface area contributed by atoms with Gasteiger partial charge in [-0.1, -0.05) is 12.1 Å². The molecule has 0 saturated carbocycles. The van der Waals surface area contributed by atoms with Crippen LogP contribution in [-0.2, 0) is 13.1 Å². The molecule has 0 aliphatic carbocycles. The normalized spacial score (nSPS) is 18.7. The number of aryl methyl sites for hydroxylation is 1. The smallest absolute Gasteiger partial charge is 0.274 e. The Morgan fingerprint density at radius 3 is 3.00 bits per heavy atom. The summed E-state index contributed by atoms with van der Waals surface area (Å²) in [5.41, 5.74) is 1.56. The average Bonchev–Trinajstić information content (AvgIpc) is 2.96. The molecule has 27 heavy (non-hydrogen) atoms. The fraction of sp³-hybridized carbons (Fsp3) is 0.500. The van der Waals surface area contributed by atoms with Crippen LogP contribution in [0.3, 0.4) is 0 Å². The number of rotatable bonds is 4. The lowest BCUT2D eigenvalue weighted by molar-refractivity contribution is 0.0388. The SMILES string of the molecule is CC(C)N(CC1COc2ccccc2O1)C(=O)c1cc2n(n1)CCCNC2. The molecular weight excluding hydrogens is 344 g/mol. The molecule has 2 aromatic rings. The summed E-state index contributed by atoms with van der Waals surface area (Å²) in [5.74, 6) is 1.42. The van der Waals surface area contributed by atoms with Crippen LogP contribution in [0.5, 0.6) is 11.5 Å². The number of hydrogen-bond acceptors (Lipinski definition) is 5. The van der Waals surface area contributed by atoms with Crippen molar-refractivity contribution in [3.05, 3.63) is 41.7 Å². The lowest BCUT2D eigenvalue weighted by Gasteiger charge is -2.33. The van der Waals surface area contributed by atoms with Crippen LogP contribution in [0.1, 0.15) is 36.5 Å². The van der Waals surface area contributed by atoms with Gasteiger partial charge >= 0.3 is 0 Å². The second-order valence-electron chi connectivity index (χ2n) is 7.32. The largest absolute Gasteiger partial charge is 0.486 e. The van der Waals surface area contributed by atoms with E-state index in [0.29, 0.717) is 18.8 Å². The number of amides is 1. The zero-order chi connectivity index (χ0) is 18.8. The van der Waals surface area contributed by atoms with E-state index >= 15 is 0 Å². The highest BCUT2D eigenvalue weighted by Gasteiger charge is 2.29.